The summed E-state index contributed by atoms with van der Waals surface area (Å²) in [5, 5.41) is 0. The van der Waals surface area contributed by atoms with Gasteiger partial charge in [0, 0.05) is 0 Å². The summed E-state index contributed by atoms with van der Waals surface area (Å²) in [5.74, 6) is 0. The molecule has 0 fully saturated rings. The normalized spacial score (nSPS) is 9.08. The van der Waals surface area contributed by atoms with Crippen molar-refractivity contribution in [2.75, 3.05) is 0 Å². The molecule has 0 heterocycles. The summed E-state index contributed by atoms with van der Waals surface area (Å²) in [5.41, 5.74) is 0. The predicted octanol–water partition coefficient (Wildman–Crippen LogP) is -5.77. The summed E-state index contributed by atoms with van der Waals surface area (Å²) in [6.07, 6.45) is 0. The zero-order valence-corrected chi connectivity index (χ0v) is 8.81. The van der Waals surface area contributed by atoms with Gasteiger partial charge >= 0.3 is 16.4 Å². The molecule has 0 aromatic heterocycles. The second-order valence-corrected chi connectivity index (χ2v) is 5.37. The fraction of sp³-hybridized carbons (Fsp3) is 0. The van der Waals surface area contributed by atoms with Crippen molar-refractivity contribution >= 4 is 37.1 Å². The summed E-state index contributed by atoms with van der Waals surface area (Å²) >= 11 is 6.54. The Morgan fingerprint density at radius 2 is 0.538 bits per heavy atom. The highest BCUT2D eigenvalue weighted by atomic mass is 32.5. The maximum atomic E-state index is 8.92. The molecule has 0 N–H and O–H groups in total. The van der Waals surface area contributed by atoms with Crippen molar-refractivity contribution in [1.82, 2.24) is 0 Å². The number of hydrogen-bond donors (Lipinski definition) is 0. The van der Waals surface area contributed by atoms with Gasteiger partial charge in [0.25, 0.3) is 0 Å². The third kappa shape index (κ3) is 1750. The molecule has 0 aliphatic carbocycles. The van der Waals surface area contributed by atoms with Crippen LogP contribution in [0, 0.1) is 0 Å². The van der Waals surface area contributed by atoms with Crippen LogP contribution in [-0.4, -0.2) is 0 Å². The van der Waals surface area contributed by atoms with Gasteiger partial charge in [-0.1, -0.05) is 0 Å². The average Bonchev–Trinajstić information content (AvgIpc) is 1.12. The quantitative estimate of drug-likeness (QED) is 0.384. The molecule has 13 heavy (non-hydrogen) atoms. The third-order valence-corrected chi connectivity index (χ3v) is 0. The van der Waals surface area contributed by atoms with Crippen LogP contribution in [-0.2, 0) is 40.0 Å². The van der Waals surface area contributed by atoms with E-state index < -0.39 is 13.4 Å². The summed E-state index contributed by atoms with van der Waals surface area (Å²) in [4.78, 5) is 53.5. The maximum Gasteiger partial charge on any atom is 2.00 e. The van der Waals surface area contributed by atoms with Crippen molar-refractivity contribution in [3.63, 3.8) is 0 Å². The van der Waals surface area contributed by atoms with E-state index in [1.165, 1.54) is 0 Å². The Labute approximate surface area is 83.3 Å². The molecule has 0 aliphatic heterocycles. The minimum Gasteiger partial charge on any atom is -0.844 e. The van der Waals surface area contributed by atoms with Gasteiger partial charge in [-0.25, -0.2) is 0 Å². The van der Waals surface area contributed by atoms with Crippen molar-refractivity contribution in [3.05, 3.63) is 0 Å². The minimum atomic E-state index is -4.56. The monoisotopic (exact) mass is 270 g/mol. The van der Waals surface area contributed by atoms with E-state index in [1.807, 2.05) is 0 Å². The van der Waals surface area contributed by atoms with Gasteiger partial charge in [0.05, 0.1) is 0 Å². The van der Waals surface area contributed by atoms with Crippen LogP contribution in [0.2, 0.25) is 0 Å². The van der Waals surface area contributed by atoms with E-state index in [2.05, 4.69) is 23.6 Å². The predicted molar refractivity (Wildman–Crippen MR) is 30.6 cm³/mol. The lowest BCUT2D eigenvalue weighted by molar-refractivity contribution is -0.413. The highest BCUT2D eigenvalue weighted by molar-refractivity contribution is 8.04. The van der Waals surface area contributed by atoms with Crippen LogP contribution in [0.5, 0.6) is 0 Å². The highest BCUT2D eigenvalue weighted by Crippen LogP contribution is 2.04. The molecule has 0 rings (SSSR count). The van der Waals surface area contributed by atoms with E-state index in [1.54, 1.807) is 0 Å². The smallest absolute Gasteiger partial charge is 0.844 e. The van der Waals surface area contributed by atoms with Crippen molar-refractivity contribution in [3.8, 4) is 0 Å². The molecule has 0 aromatic rings. The molecular weight excluding hydrogens is 270 g/mol. The first kappa shape index (κ1) is 29.2. The Balaban J connectivity index is -0.0000000267. The lowest BCUT2D eigenvalue weighted by Gasteiger charge is -2.43. The molecule has 0 aromatic carbocycles. The molecule has 0 bridgehead atoms. The van der Waals surface area contributed by atoms with Gasteiger partial charge in [-0.05, 0) is 0 Å². The molecule has 0 unspecified atom stereocenters. The first-order valence-corrected chi connectivity index (χ1v) is 6.57. The van der Waals surface area contributed by atoms with Crippen molar-refractivity contribution in [1.29, 1.82) is 0 Å². The van der Waals surface area contributed by atoms with E-state index in [4.69, 9.17) is 29.4 Å². The zero-order valence-electron chi connectivity index (χ0n) is 5.39. The molecule has 13 heteroatoms. The van der Waals surface area contributed by atoms with Crippen LogP contribution in [0.4, 0.5) is 0 Å². The fourth-order valence-electron chi connectivity index (χ4n) is 0. The largest absolute Gasteiger partial charge is 2.00 e. The van der Waals surface area contributed by atoms with E-state index in [-0.39, 0.29) is 16.4 Å². The summed E-state index contributed by atoms with van der Waals surface area (Å²) in [6, 6.07) is 0. The standard InChI is InChI=1S/2H3O3PS.3O/c2*1-4(2,3)5;;;/h2*(H3,1,2,3,5);;;/q;;3*+2/p-6. The van der Waals surface area contributed by atoms with Gasteiger partial charge in [0.15, 0.2) is 0 Å². The first-order valence-electron chi connectivity index (χ1n) is 1.46. The van der Waals surface area contributed by atoms with E-state index in [9.17, 15) is 0 Å². The molecule has 0 atom stereocenters. The molecule has 0 spiro atoms. The fourth-order valence-corrected chi connectivity index (χ4v) is 0. The van der Waals surface area contributed by atoms with Crippen molar-refractivity contribution < 1.29 is 45.8 Å². The summed E-state index contributed by atoms with van der Waals surface area (Å²) < 4.78 is 0. The topological polar surface area (TPSA) is 224 Å². The molecule has 0 aliphatic rings. The Hall–Kier alpha value is 0.940. The number of hydrogen-bond acceptors (Lipinski definition) is 8. The second-order valence-electron chi connectivity index (χ2n) is 0.894. The van der Waals surface area contributed by atoms with Crippen LogP contribution in [0.1, 0.15) is 0 Å². The number of rotatable bonds is 0. The molecule has 76 valence electrons. The van der Waals surface area contributed by atoms with Crippen LogP contribution in [0.15, 0.2) is 0 Å². The van der Waals surface area contributed by atoms with Crippen LogP contribution < -0.4 is 29.4 Å². The van der Waals surface area contributed by atoms with Gasteiger partial charge in [-0.3, -0.25) is 0 Å². The van der Waals surface area contributed by atoms with Gasteiger partial charge in [0.2, 0.25) is 0 Å². The Morgan fingerprint density at radius 3 is 0.538 bits per heavy atom. The molecule has 12 radical (unpaired) electrons. The minimum absolute atomic E-state index is 0. The lowest BCUT2D eigenvalue weighted by atomic mass is 15.8. The maximum absolute atomic E-state index is 8.92. The van der Waals surface area contributed by atoms with E-state index in [0.717, 1.165) is 0 Å². The van der Waals surface area contributed by atoms with Gasteiger partial charge in [0.1, 0.15) is 0 Å². The SMILES string of the molecule is [O+2].[O+2].[O+2].[O-]P([O-])([O-])=S.[O-]P([O-])([O-])=S. The summed E-state index contributed by atoms with van der Waals surface area (Å²) in [7, 11) is 0. The van der Waals surface area contributed by atoms with E-state index in [0.29, 0.717) is 0 Å². The Kier molecular flexibility index (Phi) is 24.8. The Morgan fingerprint density at radius 1 is 0.538 bits per heavy atom. The first-order chi connectivity index (χ1) is 4.00. The van der Waals surface area contributed by atoms with Gasteiger partial charge in [-0.2, -0.15) is 23.6 Å². The third-order valence-electron chi connectivity index (χ3n) is 0. The zero-order chi connectivity index (χ0) is 9.00. The molecule has 9 nitrogen and oxygen atoms in total. The van der Waals surface area contributed by atoms with Crippen LogP contribution >= 0.6 is 13.4 Å². The van der Waals surface area contributed by atoms with E-state index >= 15 is 0 Å². The molecule has 0 saturated heterocycles. The lowest BCUT2D eigenvalue weighted by Crippen LogP contribution is -2.23. The van der Waals surface area contributed by atoms with Crippen LogP contribution in [0.3, 0.4) is 0 Å². The van der Waals surface area contributed by atoms with Crippen molar-refractivity contribution in [2.24, 2.45) is 0 Å². The second kappa shape index (κ2) is 11.0. The molecule has 0 saturated carbocycles. The van der Waals surface area contributed by atoms with Crippen molar-refractivity contribution in [2.45, 2.75) is 0 Å². The highest BCUT2D eigenvalue weighted by Gasteiger charge is 2.00. The summed E-state index contributed by atoms with van der Waals surface area (Å²) in [6.45, 7) is -9.11. The Bertz CT molecular complexity index is 128. The average molecular weight is 270 g/mol. The molecule has 0 amide bonds. The van der Waals surface area contributed by atoms with Gasteiger partial charge < -0.3 is 42.8 Å². The van der Waals surface area contributed by atoms with Gasteiger partial charge in [-0.15, -0.1) is 0 Å². The molecular formula is O9P2S2. The van der Waals surface area contributed by atoms with Crippen LogP contribution in [0.25, 0.3) is 0 Å².